The van der Waals surface area contributed by atoms with E-state index in [9.17, 15) is 0 Å². The molecule has 2 N–H and O–H groups in total. The summed E-state index contributed by atoms with van der Waals surface area (Å²) in [5, 5.41) is 6.65. The van der Waals surface area contributed by atoms with Crippen LogP contribution in [0.25, 0.3) is 0 Å². The molecule has 0 bridgehead atoms. The fourth-order valence-corrected chi connectivity index (χ4v) is 2.10. The van der Waals surface area contributed by atoms with Crippen LogP contribution in [0.1, 0.15) is 37.0 Å². The molecule has 0 spiro atoms. The molecule has 0 amide bonds. The first kappa shape index (κ1) is 19.2. The zero-order valence-corrected chi connectivity index (χ0v) is 15.5. The number of benzene rings is 1. The smallest absolute Gasteiger partial charge is 0.191 e. The van der Waals surface area contributed by atoms with Crippen LogP contribution < -0.4 is 10.6 Å². The van der Waals surface area contributed by atoms with Crippen molar-refractivity contribution in [1.29, 1.82) is 0 Å². The number of nitrogens with one attached hydrogen (secondary N) is 2. The minimum atomic E-state index is 0. The molecule has 0 aliphatic carbocycles. The van der Waals surface area contributed by atoms with Gasteiger partial charge in [-0.2, -0.15) is 0 Å². The van der Waals surface area contributed by atoms with Gasteiger partial charge in [-0.1, -0.05) is 36.2 Å². The fourth-order valence-electron chi connectivity index (χ4n) is 2.10. The summed E-state index contributed by atoms with van der Waals surface area (Å²) in [7, 11) is 0. The average Bonchev–Trinajstić information content (AvgIpc) is 2.34. The first-order valence-electron chi connectivity index (χ1n) is 7.25. The molecule has 0 aromatic heterocycles. The lowest BCUT2D eigenvalue weighted by atomic mass is 10.1. The summed E-state index contributed by atoms with van der Waals surface area (Å²) in [5.74, 6) is 0.925. The van der Waals surface area contributed by atoms with E-state index in [1.54, 1.807) is 0 Å². The number of guanidine groups is 1. The van der Waals surface area contributed by atoms with E-state index in [4.69, 9.17) is 0 Å². The van der Waals surface area contributed by atoms with E-state index in [-0.39, 0.29) is 24.0 Å². The summed E-state index contributed by atoms with van der Waals surface area (Å²) in [6.45, 7) is 11.2. The molecule has 0 fully saturated rings. The van der Waals surface area contributed by atoms with Crippen LogP contribution in [-0.4, -0.2) is 25.6 Å². The largest absolute Gasteiger partial charge is 0.357 e. The van der Waals surface area contributed by atoms with E-state index < -0.39 is 0 Å². The van der Waals surface area contributed by atoms with E-state index in [1.807, 2.05) is 0 Å². The highest BCUT2D eigenvalue weighted by Crippen LogP contribution is 2.08. The van der Waals surface area contributed by atoms with Gasteiger partial charge in [0.15, 0.2) is 5.96 Å². The van der Waals surface area contributed by atoms with Crippen LogP contribution in [-0.2, 0) is 6.42 Å². The highest BCUT2D eigenvalue weighted by atomic mass is 127. The third kappa shape index (κ3) is 7.72. The zero-order chi connectivity index (χ0) is 14.1. The highest BCUT2D eigenvalue weighted by molar-refractivity contribution is 14.0. The lowest BCUT2D eigenvalue weighted by Gasteiger charge is -2.11. The van der Waals surface area contributed by atoms with E-state index in [0.717, 1.165) is 38.4 Å². The predicted octanol–water partition coefficient (Wildman–Crippen LogP) is 3.43. The maximum Gasteiger partial charge on any atom is 0.191 e. The molecule has 114 valence electrons. The molecular formula is C16H28IN3. The van der Waals surface area contributed by atoms with E-state index in [0.29, 0.717) is 0 Å². The minimum absolute atomic E-state index is 0. The summed E-state index contributed by atoms with van der Waals surface area (Å²) < 4.78 is 0. The Morgan fingerprint density at radius 2 is 1.70 bits per heavy atom. The Hall–Kier alpha value is -0.780. The van der Waals surface area contributed by atoms with Crippen LogP contribution in [0.15, 0.2) is 23.2 Å². The van der Waals surface area contributed by atoms with Crippen LogP contribution in [0.4, 0.5) is 0 Å². The summed E-state index contributed by atoms with van der Waals surface area (Å²) in [5.41, 5.74) is 4.06. The van der Waals surface area contributed by atoms with Crippen molar-refractivity contribution >= 4 is 29.9 Å². The quantitative estimate of drug-likeness (QED) is 0.444. The Bertz CT molecular complexity index is 396. The van der Waals surface area contributed by atoms with Crippen molar-refractivity contribution in [3.8, 4) is 0 Å². The van der Waals surface area contributed by atoms with Crippen LogP contribution in [0.5, 0.6) is 0 Å². The second-order valence-corrected chi connectivity index (χ2v) is 4.93. The highest BCUT2D eigenvalue weighted by Gasteiger charge is 1.99. The summed E-state index contributed by atoms with van der Waals surface area (Å²) >= 11 is 0. The molecule has 0 saturated heterocycles. The van der Waals surface area contributed by atoms with E-state index in [2.05, 4.69) is 61.5 Å². The normalized spacial score (nSPS) is 10.9. The lowest BCUT2D eigenvalue weighted by Crippen LogP contribution is -2.38. The van der Waals surface area contributed by atoms with E-state index >= 15 is 0 Å². The standard InChI is InChI=1S/C16H27N3.HI/c1-5-8-18-16(17-6-2)19-9-7-15-11-13(3)10-14(4)12-15;/h10-12H,5-9H2,1-4H3,(H2,17,18,19);1H. The van der Waals surface area contributed by atoms with Gasteiger partial charge in [-0.15, -0.1) is 24.0 Å². The summed E-state index contributed by atoms with van der Waals surface area (Å²) in [6.07, 6.45) is 2.10. The van der Waals surface area contributed by atoms with Crippen LogP contribution >= 0.6 is 24.0 Å². The second-order valence-electron chi connectivity index (χ2n) is 4.93. The SMILES string of the molecule is CCCN=C(NCC)NCCc1cc(C)cc(C)c1.I. The maximum absolute atomic E-state index is 4.49. The topological polar surface area (TPSA) is 36.4 Å². The van der Waals surface area contributed by atoms with Gasteiger partial charge in [0, 0.05) is 19.6 Å². The van der Waals surface area contributed by atoms with Gasteiger partial charge in [0.25, 0.3) is 0 Å². The van der Waals surface area contributed by atoms with Crippen molar-refractivity contribution < 1.29 is 0 Å². The first-order valence-corrected chi connectivity index (χ1v) is 7.25. The second kappa shape index (κ2) is 10.9. The Morgan fingerprint density at radius 3 is 2.25 bits per heavy atom. The number of hydrogen-bond donors (Lipinski definition) is 2. The number of halogens is 1. The van der Waals surface area contributed by atoms with Crippen LogP contribution in [0, 0.1) is 13.8 Å². The number of aliphatic imine (C=N–C) groups is 1. The average molecular weight is 389 g/mol. The molecular weight excluding hydrogens is 361 g/mol. The predicted molar refractivity (Wildman–Crippen MR) is 99.3 cm³/mol. The van der Waals surface area contributed by atoms with Gasteiger partial charge in [0.1, 0.15) is 0 Å². The molecule has 3 nitrogen and oxygen atoms in total. The molecule has 0 radical (unpaired) electrons. The van der Waals surface area contributed by atoms with Crippen LogP contribution in [0.3, 0.4) is 0 Å². The Morgan fingerprint density at radius 1 is 1.05 bits per heavy atom. The van der Waals surface area contributed by atoms with Gasteiger partial charge in [0.2, 0.25) is 0 Å². The van der Waals surface area contributed by atoms with Crippen molar-refractivity contribution in [3.05, 3.63) is 34.9 Å². The minimum Gasteiger partial charge on any atom is -0.357 e. The molecule has 20 heavy (non-hydrogen) atoms. The van der Waals surface area contributed by atoms with Crippen LogP contribution in [0.2, 0.25) is 0 Å². The van der Waals surface area contributed by atoms with Gasteiger partial charge in [-0.3, -0.25) is 4.99 Å². The Labute approximate surface area is 140 Å². The van der Waals surface area contributed by atoms with Gasteiger partial charge in [0.05, 0.1) is 0 Å². The van der Waals surface area contributed by atoms with Gasteiger partial charge < -0.3 is 10.6 Å². The molecule has 0 aliphatic heterocycles. The molecule has 0 unspecified atom stereocenters. The summed E-state index contributed by atoms with van der Waals surface area (Å²) in [4.78, 5) is 4.49. The summed E-state index contributed by atoms with van der Waals surface area (Å²) in [6, 6.07) is 6.72. The van der Waals surface area contributed by atoms with Crippen molar-refractivity contribution in [1.82, 2.24) is 10.6 Å². The molecule has 0 atom stereocenters. The van der Waals surface area contributed by atoms with Crippen molar-refractivity contribution in [2.24, 2.45) is 4.99 Å². The maximum atomic E-state index is 4.49. The van der Waals surface area contributed by atoms with Gasteiger partial charge in [-0.25, -0.2) is 0 Å². The van der Waals surface area contributed by atoms with Gasteiger partial charge >= 0.3 is 0 Å². The molecule has 4 heteroatoms. The van der Waals surface area contributed by atoms with E-state index in [1.165, 1.54) is 16.7 Å². The zero-order valence-electron chi connectivity index (χ0n) is 13.1. The fraction of sp³-hybridized carbons (Fsp3) is 0.562. The van der Waals surface area contributed by atoms with Crippen molar-refractivity contribution in [3.63, 3.8) is 0 Å². The number of hydrogen-bond acceptors (Lipinski definition) is 1. The monoisotopic (exact) mass is 389 g/mol. The Kier molecular flexibility index (Phi) is 10.5. The van der Waals surface area contributed by atoms with Crippen molar-refractivity contribution in [2.75, 3.05) is 19.6 Å². The molecule has 0 aliphatic rings. The third-order valence-corrected chi connectivity index (χ3v) is 2.83. The number of aryl methyl sites for hydroxylation is 2. The molecule has 1 aromatic rings. The Balaban J connectivity index is 0.00000361. The lowest BCUT2D eigenvalue weighted by molar-refractivity contribution is 0.793. The molecule has 0 heterocycles. The molecule has 1 aromatic carbocycles. The van der Waals surface area contributed by atoms with Gasteiger partial charge in [-0.05, 0) is 39.2 Å². The van der Waals surface area contributed by atoms with Crippen molar-refractivity contribution in [2.45, 2.75) is 40.5 Å². The number of rotatable bonds is 6. The number of nitrogens with zero attached hydrogens (tertiary/aromatic N) is 1. The first-order chi connectivity index (χ1) is 9.15. The third-order valence-electron chi connectivity index (χ3n) is 2.83. The molecule has 1 rings (SSSR count). The molecule has 0 saturated carbocycles.